The number of fused-ring (bicyclic) bond motifs is 4. The zero-order valence-electron chi connectivity index (χ0n) is 23.1. The molecule has 6 heterocycles. The molecule has 214 valence electrons. The molecular weight excluding hydrogens is 532 g/mol. The third kappa shape index (κ3) is 3.84. The number of amides is 4. The van der Waals surface area contributed by atoms with Crippen molar-refractivity contribution in [2.45, 2.75) is 62.7 Å². The lowest BCUT2D eigenvalue weighted by Crippen LogP contribution is -2.61. The van der Waals surface area contributed by atoms with Crippen molar-refractivity contribution in [3.63, 3.8) is 0 Å². The number of carbonyl (C=O) groups is 4. The highest BCUT2D eigenvalue weighted by molar-refractivity contribution is 5.99. The van der Waals surface area contributed by atoms with E-state index >= 15 is 0 Å². The number of hydrogen-bond acceptors (Lipinski definition) is 4. The SMILES string of the molecule is O=C1N[C@@H](Cc2c[nH]c3ccc(-n4cc(C[C@@H]5NC(=O)[C@@H]6CCCN6C5=O)c5ccccc54)cc23)C(=O)N2CCC[C@@H]12. The maximum Gasteiger partial charge on any atom is 0.246 e. The number of para-hydroxylation sites is 1. The van der Waals surface area contributed by atoms with E-state index in [0.29, 0.717) is 25.9 Å². The summed E-state index contributed by atoms with van der Waals surface area (Å²) < 4.78 is 2.12. The summed E-state index contributed by atoms with van der Waals surface area (Å²) in [5, 5.41) is 7.97. The van der Waals surface area contributed by atoms with Gasteiger partial charge >= 0.3 is 0 Å². The third-order valence-electron chi connectivity index (χ3n) is 9.58. The monoisotopic (exact) mass is 564 g/mol. The summed E-state index contributed by atoms with van der Waals surface area (Å²) in [6.07, 6.45) is 7.99. The topological polar surface area (TPSA) is 120 Å². The summed E-state index contributed by atoms with van der Waals surface area (Å²) in [5.41, 5.74) is 4.87. The van der Waals surface area contributed by atoms with Crippen LogP contribution in [0, 0.1) is 0 Å². The average Bonchev–Trinajstić information content (AvgIpc) is 3.80. The molecule has 3 N–H and O–H groups in total. The molecule has 4 aromatic rings. The van der Waals surface area contributed by atoms with Gasteiger partial charge in [0.1, 0.15) is 24.2 Å². The molecule has 4 aliphatic heterocycles. The molecule has 0 bridgehead atoms. The van der Waals surface area contributed by atoms with E-state index < -0.39 is 12.1 Å². The van der Waals surface area contributed by atoms with Crippen molar-refractivity contribution >= 4 is 45.4 Å². The lowest BCUT2D eigenvalue weighted by molar-refractivity contribution is -0.146. The summed E-state index contributed by atoms with van der Waals surface area (Å²) >= 11 is 0. The summed E-state index contributed by atoms with van der Waals surface area (Å²) in [6, 6.07) is 12.5. The van der Waals surface area contributed by atoms with Gasteiger partial charge in [-0.05, 0) is 61.1 Å². The summed E-state index contributed by atoms with van der Waals surface area (Å²) in [4.78, 5) is 58.6. The molecule has 2 aromatic heterocycles. The highest BCUT2D eigenvalue weighted by atomic mass is 16.2. The molecule has 4 atom stereocenters. The van der Waals surface area contributed by atoms with E-state index in [1.165, 1.54) is 0 Å². The molecule has 0 radical (unpaired) electrons. The summed E-state index contributed by atoms with van der Waals surface area (Å²) in [7, 11) is 0. The van der Waals surface area contributed by atoms with Crippen molar-refractivity contribution in [1.29, 1.82) is 0 Å². The van der Waals surface area contributed by atoms with Gasteiger partial charge in [0, 0.05) is 60.3 Å². The number of piperazine rings is 2. The molecule has 10 nitrogen and oxygen atoms in total. The predicted octanol–water partition coefficient (Wildman–Crippen LogP) is 2.18. The van der Waals surface area contributed by atoms with Crippen LogP contribution in [0.2, 0.25) is 0 Å². The van der Waals surface area contributed by atoms with E-state index in [9.17, 15) is 19.2 Å². The van der Waals surface area contributed by atoms with Crippen LogP contribution in [0.4, 0.5) is 0 Å². The molecule has 10 heteroatoms. The summed E-state index contributed by atoms with van der Waals surface area (Å²) in [5.74, 6) is -0.124. The minimum absolute atomic E-state index is 0.00285. The number of aromatic nitrogens is 2. The van der Waals surface area contributed by atoms with Gasteiger partial charge in [-0.2, -0.15) is 0 Å². The quantitative estimate of drug-likeness (QED) is 0.344. The van der Waals surface area contributed by atoms with E-state index in [0.717, 1.165) is 64.3 Å². The average molecular weight is 565 g/mol. The van der Waals surface area contributed by atoms with Crippen molar-refractivity contribution in [3.05, 3.63) is 66.0 Å². The van der Waals surface area contributed by atoms with Crippen LogP contribution in [0.1, 0.15) is 36.8 Å². The highest BCUT2D eigenvalue weighted by Crippen LogP contribution is 2.31. The van der Waals surface area contributed by atoms with Gasteiger partial charge in [0.25, 0.3) is 0 Å². The zero-order chi connectivity index (χ0) is 28.5. The fourth-order valence-electron chi connectivity index (χ4n) is 7.49. The van der Waals surface area contributed by atoms with E-state index in [1.807, 2.05) is 30.5 Å². The van der Waals surface area contributed by atoms with Crippen molar-refractivity contribution in [1.82, 2.24) is 30.0 Å². The first-order valence-electron chi connectivity index (χ1n) is 14.9. The Morgan fingerprint density at radius 3 is 2.07 bits per heavy atom. The first kappa shape index (κ1) is 25.1. The van der Waals surface area contributed by atoms with Gasteiger partial charge in [0.05, 0.1) is 5.52 Å². The van der Waals surface area contributed by atoms with Crippen LogP contribution in [0.5, 0.6) is 0 Å². The van der Waals surface area contributed by atoms with Crippen LogP contribution < -0.4 is 10.6 Å². The number of rotatable bonds is 5. The molecule has 42 heavy (non-hydrogen) atoms. The van der Waals surface area contributed by atoms with E-state index in [-0.39, 0.29) is 35.7 Å². The molecular formula is C32H32N6O4. The Morgan fingerprint density at radius 1 is 0.738 bits per heavy atom. The fourth-order valence-corrected chi connectivity index (χ4v) is 7.49. The van der Waals surface area contributed by atoms with Gasteiger partial charge in [0.2, 0.25) is 23.6 Å². The van der Waals surface area contributed by atoms with E-state index in [1.54, 1.807) is 9.80 Å². The molecule has 8 rings (SSSR count). The minimum Gasteiger partial charge on any atom is -0.361 e. The van der Waals surface area contributed by atoms with E-state index in [2.05, 4.69) is 44.6 Å². The fraction of sp³-hybridized carbons (Fsp3) is 0.375. The molecule has 0 spiro atoms. The molecule has 4 aliphatic rings. The van der Waals surface area contributed by atoms with Crippen LogP contribution in [-0.2, 0) is 32.0 Å². The van der Waals surface area contributed by atoms with Crippen molar-refractivity contribution < 1.29 is 19.2 Å². The number of nitrogens with one attached hydrogen (secondary N) is 3. The number of hydrogen-bond donors (Lipinski definition) is 3. The first-order chi connectivity index (χ1) is 20.5. The number of carbonyl (C=O) groups excluding carboxylic acids is 4. The molecule has 0 aliphatic carbocycles. The Labute approximate surface area is 242 Å². The number of nitrogens with zero attached hydrogens (tertiary/aromatic N) is 3. The van der Waals surface area contributed by atoms with Crippen LogP contribution in [-0.4, -0.2) is 80.2 Å². The van der Waals surface area contributed by atoms with Gasteiger partial charge in [-0.15, -0.1) is 0 Å². The first-order valence-corrected chi connectivity index (χ1v) is 14.9. The number of benzene rings is 2. The van der Waals surface area contributed by atoms with Gasteiger partial charge < -0.3 is 30.0 Å². The Bertz CT molecular complexity index is 1790. The van der Waals surface area contributed by atoms with Crippen molar-refractivity contribution in [2.24, 2.45) is 0 Å². The Morgan fingerprint density at radius 2 is 1.38 bits per heavy atom. The van der Waals surface area contributed by atoms with Crippen LogP contribution >= 0.6 is 0 Å². The minimum atomic E-state index is -0.580. The molecule has 0 unspecified atom stereocenters. The Hall–Kier alpha value is -4.60. The van der Waals surface area contributed by atoms with Gasteiger partial charge in [-0.1, -0.05) is 18.2 Å². The van der Waals surface area contributed by atoms with Gasteiger partial charge in [-0.3, -0.25) is 19.2 Å². The summed E-state index contributed by atoms with van der Waals surface area (Å²) in [6.45, 7) is 1.28. The van der Waals surface area contributed by atoms with Crippen LogP contribution in [0.15, 0.2) is 54.9 Å². The largest absolute Gasteiger partial charge is 0.361 e. The normalized spacial score (nSPS) is 25.7. The molecule has 2 aromatic carbocycles. The Kier molecular flexibility index (Phi) is 5.67. The zero-order valence-corrected chi connectivity index (χ0v) is 23.1. The molecule has 4 fully saturated rings. The lowest BCUT2D eigenvalue weighted by atomic mass is 10.00. The smallest absolute Gasteiger partial charge is 0.246 e. The predicted molar refractivity (Wildman–Crippen MR) is 156 cm³/mol. The van der Waals surface area contributed by atoms with Crippen molar-refractivity contribution in [2.75, 3.05) is 13.1 Å². The maximum atomic E-state index is 13.2. The molecule has 4 amide bonds. The molecule has 4 saturated heterocycles. The van der Waals surface area contributed by atoms with Crippen LogP contribution in [0.3, 0.4) is 0 Å². The van der Waals surface area contributed by atoms with E-state index in [4.69, 9.17) is 0 Å². The standard InChI is InChI=1S/C32H32N6O4/c39-29-27-7-3-11-36(27)31(41)24(34-29)13-18-16-33-23-10-9-20(15-22(18)23)38-17-19(21-5-1-2-6-26(21)38)14-25-32(42)37-12-4-8-28(37)30(40)35-25/h1-2,5-6,9-10,15-17,24-25,27-28,33H,3-4,7-8,11-14H2,(H,34,39)(H,35,40)/t24-,25-,27-,28-/m0/s1. The van der Waals surface area contributed by atoms with Crippen molar-refractivity contribution in [3.8, 4) is 5.69 Å². The second kappa shape index (κ2) is 9.47. The maximum absolute atomic E-state index is 13.2. The van der Waals surface area contributed by atoms with Gasteiger partial charge in [0.15, 0.2) is 0 Å². The van der Waals surface area contributed by atoms with Gasteiger partial charge in [-0.25, -0.2) is 0 Å². The third-order valence-corrected chi connectivity index (χ3v) is 9.58. The lowest BCUT2D eigenvalue weighted by Gasteiger charge is -2.34. The number of H-pyrrole nitrogens is 1. The number of aromatic amines is 1. The van der Waals surface area contributed by atoms with Crippen LogP contribution in [0.25, 0.3) is 27.5 Å². The molecule has 0 saturated carbocycles. The second-order valence-electron chi connectivity index (χ2n) is 12.0. The Balaban J connectivity index is 1.12. The highest BCUT2D eigenvalue weighted by Gasteiger charge is 2.44. The second-order valence-corrected chi connectivity index (χ2v) is 12.0.